The fraction of sp³-hybridized carbons (Fsp3) is 0.385. The number of benzene rings is 1. The standard InChI is InChI=1S/C13H18FN3O4/c1-17(7-12(18)16-3-4-21-2)11-5-8(13(19)20)10(15)6-9(11)14/h5-6H,3-4,7,15H2,1-2H3,(H,16,18)(H,19,20). The Hall–Kier alpha value is -2.35. The molecule has 0 fully saturated rings. The van der Waals surface area contributed by atoms with Gasteiger partial charge in [-0.1, -0.05) is 0 Å². The number of carboxylic acids is 1. The topological polar surface area (TPSA) is 105 Å². The molecule has 0 saturated carbocycles. The van der Waals surface area contributed by atoms with Gasteiger partial charge in [0.15, 0.2) is 0 Å². The maximum absolute atomic E-state index is 13.8. The van der Waals surface area contributed by atoms with Gasteiger partial charge in [-0.3, -0.25) is 4.79 Å². The van der Waals surface area contributed by atoms with Gasteiger partial charge >= 0.3 is 5.97 Å². The van der Waals surface area contributed by atoms with Crippen molar-refractivity contribution in [3.8, 4) is 0 Å². The number of carbonyl (C=O) groups excluding carboxylic acids is 1. The lowest BCUT2D eigenvalue weighted by molar-refractivity contribution is -0.119. The third-order valence-corrected chi connectivity index (χ3v) is 2.77. The number of hydrogen-bond donors (Lipinski definition) is 3. The van der Waals surface area contributed by atoms with Gasteiger partial charge in [0, 0.05) is 26.4 Å². The molecule has 0 aliphatic heterocycles. The van der Waals surface area contributed by atoms with Crippen LogP contribution in [0.15, 0.2) is 12.1 Å². The lowest BCUT2D eigenvalue weighted by Gasteiger charge is -2.20. The normalized spacial score (nSPS) is 10.2. The van der Waals surface area contributed by atoms with Crippen LogP contribution in [0.25, 0.3) is 0 Å². The maximum Gasteiger partial charge on any atom is 0.337 e. The highest BCUT2D eigenvalue weighted by Crippen LogP contribution is 2.24. The molecule has 1 amide bonds. The quantitative estimate of drug-likeness (QED) is 0.494. The number of methoxy groups -OCH3 is 1. The summed E-state index contributed by atoms with van der Waals surface area (Å²) in [6, 6.07) is 2.04. The second-order valence-electron chi connectivity index (χ2n) is 4.39. The Morgan fingerprint density at radius 2 is 2.14 bits per heavy atom. The number of nitrogens with zero attached hydrogens (tertiary/aromatic N) is 1. The van der Waals surface area contributed by atoms with Crippen LogP contribution in [0.4, 0.5) is 15.8 Å². The third kappa shape index (κ3) is 4.60. The largest absolute Gasteiger partial charge is 0.478 e. The minimum atomic E-state index is -1.26. The number of nitrogens with one attached hydrogen (secondary N) is 1. The molecular formula is C13H18FN3O4. The van der Waals surface area contributed by atoms with E-state index in [1.807, 2.05) is 0 Å². The van der Waals surface area contributed by atoms with Crippen LogP contribution in [-0.2, 0) is 9.53 Å². The van der Waals surface area contributed by atoms with E-state index in [0.29, 0.717) is 13.2 Å². The van der Waals surface area contributed by atoms with Crippen molar-refractivity contribution >= 4 is 23.3 Å². The van der Waals surface area contributed by atoms with Crippen LogP contribution in [0.1, 0.15) is 10.4 Å². The first kappa shape index (κ1) is 16.7. The molecule has 0 saturated heterocycles. The Morgan fingerprint density at radius 1 is 1.48 bits per heavy atom. The van der Waals surface area contributed by atoms with Crippen LogP contribution >= 0.6 is 0 Å². The number of anilines is 2. The lowest BCUT2D eigenvalue weighted by atomic mass is 10.1. The fourth-order valence-electron chi connectivity index (χ4n) is 1.70. The number of amides is 1. The SMILES string of the molecule is COCCNC(=O)CN(C)c1cc(C(=O)O)c(N)cc1F. The number of halogens is 1. The summed E-state index contributed by atoms with van der Waals surface area (Å²) in [6.45, 7) is 0.590. The van der Waals surface area contributed by atoms with Crippen molar-refractivity contribution in [2.45, 2.75) is 0 Å². The van der Waals surface area contributed by atoms with Crippen LogP contribution in [0.3, 0.4) is 0 Å². The first-order valence-corrected chi connectivity index (χ1v) is 6.16. The summed E-state index contributed by atoms with van der Waals surface area (Å²) in [6.07, 6.45) is 0. The van der Waals surface area contributed by atoms with Crippen LogP contribution < -0.4 is 16.0 Å². The summed E-state index contributed by atoms with van der Waals surface area (Å²) >= 11 is 0. The summed E-state index contributed by atoms with van der Waals surface area (Å²) in [5.41, 5.74) is 5.06. The highest BCUT2D eigenvalue weighted by Gasteiger charge is 2.17. The monoisotopic (exact) mass is 299 g/mol. The number of rotatable bonds is 7. The molecule has 7 nitrogen and oxygen atoms in total. The number of carbonyl (C=O) groups is 2. The maximum atomic E-state index is 13.8. The van der Waals surface area contributed by atoms with Crippen LogP contribution in [-0.4, -0.2) is 50.8 Å². The zero-order valence-corrected chi connectivity index (χ0v) is 11.9. The van der Waals surface area contributed by atoms with Gasteiger partial charge in [-0.05, 0) is 12.1 Å². The Bertz CT molecular complexity index is 536. The lowest BCUT2D eigenvalue weighted by Crippen LogP contribution is -2.37. The van der Waals surface area contributed by atoms with E-state index in [1.165, 1.54) is 19.1 Å². The number of likely N-dealkylation sites (N-methyl/N-ethyl adjacent to an activating group) is 1. The Morgan fingerprint density at radius 3 is 2.71 bits per heavy atom. The minimum absolute atomic E-state index is 0.0107. The zero-order chi connectivity index (χ0) is 16.0. The third-order valence-electron chi connectivity index (χ3n) is 2.77. The first-order chi connectivity index (χ1) is 9.86. The van der Waals surface area contributed by atoms with Crippen molar-refractivity contribution in [2.75, 3.05) is 44.5 Å². The van der Waals surface area contributed by atoms with E-state index in [-0.39, 0.29) is 29.4 Å². The van der Waals surface area contributed by atoms with Gasteiger partial charge in [0.25, 0.3) is 0 Å². The highest BCUT2D eigenvalue weighted by molar-refractivity contribution is 5.95. The van der Waals surface area contributed by atoms with Crippen LogP contribution in [0, 0.1) is 5.82 Å². The number of hydrogen-bond acceptors (Lipinski definition) is 5. The number of ether oxygens (including phenoxy) is 1. The van der Waals surface area contributed by atoms with E-state index in [1.54, 1.807) is 0 Å². The number of nitrogens with two attached hydrogens (primary N) is 1. The minimum Gasteiger partial charge on any atom is -0.478 e. The van der Waals surface area contributed by atoms with Gasteiger partial charge in [-0.25, -0.2) is 9.18 Å². The summed E-state index contributed by atoms with van der Waals surface area (Å²) in [5, 5.41) is 11.6. The summed E-state index contributed by atoms with van der Waals surface area (Å²) in [5.74, 6) is -2.28. The molecule has 0 aliphatic rings. The number of aromatic carboxylic acids is 1. The molecule has 0 heterocycles. The van der Waals surface area contributed by atoms with Gasteiger partial charge in [-0.15, -0.1) is 0 Å². The van der Waals surface area contributed by atoms with Crippen LogP contribution in [0.2, 0.25) is 0 Å². The molecule has 116 valence electrons. The van der Waals surface area contributed by atoms with E-state index in [2.05, 4.69) is 5.32 Å². The van der Waals surface area contributed by atoms with E-state index in [4.69, 9.17) is 15.6 Å². The Kier molecular flexibility index (Phi) is 5.92. The predicted octanol–water partition coefficient (Wildman–Crippen LogP) is 0.305. The second kappa shape index (κ2) is 7.44. The van der Waals surface area contributed by atoms with E-state index in [9.17, 15) is 14.0 Å². The molecule has 1 aromatic carbocycles. The van der Waals surface area contributed by atoms with Gasteiger partial charge in [-0.2, -0.15) is 0 Å². The second-order valence-corrected chi connectivity index (χ2v) is 4.39. The average molecular weight is 299 g/mol. The van der Waals surface area contributed by atoms with Crippen molar-refractivity contribution in [2.24, 2.45) is 0 Å². The van der Waals surface area contributed by atoms with Crippen molar-refractivity contribution in [1.82, 2.24) is 5.32 Å². The van der Waals surface area contributed by atoms with Crippen LogP contribution in [0.5, 0.6) is 0 Å². The van der Waals surface area contributed by atoms with Crippen molar-refractivity contribution in [3.05, 3.63) is 23.5 Å². The molecule has 1 aromatic rings. The molecular weight excluding hydrogens is 281 g/mol. The molecule has 0 spiro atoms. The molecule has 21 heavy (non-hydrogen) atoms. The Labute approximate surface area is 121 Å². The summed E-state index contributed by atoms with van der Waals surface area (Å²) in [7, 11) is 2.99. The summed E-state index contributed by atoms with van der Waals surface area (Å²) in [4.78, 5) is 23.9. The van der Waals surface area contributed by atoms with Gasteiger partial charge < -0.3 is 25.8 Å². The van der Waals surface area contributed by atoms with Gasteiger partial charge in [0.05, 0.1) is 24.4 Å². The predicted molar refractivity (Wildman–Crippen MR) is 75.9 cm³/mol. The van der Waals surface area contributed by atoms with Gasteiger partial charge in [0.2, 0.25) is 5.91 Å². The Balaban J connectivity index is 2.82. The van der Waals surface area contributed by atoms with Crippen molar-refractivity contribution < 1.29 is 23.8 Å². The highest BCUT2D eigenvalue weighted by atomic mass is 19.1. The van der Waals surface area contributed by atoms with E-state index in [0.717, 1.165) is 12.1 Å². The van der Waals surface area contributed by atoms with Gasteiger partial charge in [0.1, 0.15) is 5.82 Å². The molecule has 4 N–H and O–H groups in total. The molecule has 0 aromatic heterocycles. The molecule has 1 rings (SSSR count). The smallest absolute Gasteiger partial charge is 0.337 e. The van der Waals surface area contributed by atoms with E-state index >= 15 is 0 Å². The van der Waals surface area contributed by atoms with Crippen molar-refractivity contribution in [3.63, 3.8) is 0 Å². The van der Waals surface area contributed by atoms with Crippen molar-refractivity contribution in [1.29, 1.82) is 0 Å². The molecule has 0 atom stereocenters. The molecule has 0 unspecified atom stereocenters. The fourth-order valence-corrected chi connectivity index (χ4v) is 1.70. The molecule has 0 aliphatic carbocycles. The summed E-state index contributed by atoms with van der Waals surface area (Å²) < 4.78 is 18.6. The number of carboxylic acid groups (broad SMARTS) is 1. The zero-order valence-electron chi connectivity index (χ0n) is 11.9. The van der Waals surface area contributed by atoms with E-state index < -0.39 is 11.8 Å². The average Bonchev–Trinajstić information content (AvgIpc) is 2.38. The number of nitrogen functional groups attached to an aromatic ring is 1. The molecule has 0 radical (unpaired) electrons. The molecule has 8 heteroatoms. The first-order valence-electron chi connectivity index (χ1n) is 6.16. The molecule has 0 bridgehead atoms.